The van der Waals surface area contributed by atoms with E-state index in [4.69, 9.17) is 4.74 Å². The molecule has 0 aliphatic heterocycles. The van der Waals surface area contributed by atoms with Crippen LogP contribution < -0.4 is 10.6 Å². The van der Waals surface area contributed by atoms with E-state index in [1.807, 2.05) is 20.8 Å². The average Bonchev–Trinajstić information content (AvgIpc) is 3.24. The van der Waals surface area contributed by atoms with Crippen LogP contribution in [0.3, 0.4) is 0 Å². The lowest BCUT2D eigenvalue weighted by molar-refractivity contribution is 0.0515. The quantitative estimate of drug-likeness (QED) is 0.606. The SMILES string of the molecule is CCN(CCNCC(CNC(=O)OC(C)(C)C)C(C)C)C1CC1. The molecule has 23 heavy (non-hydrogen) atoms. The van der Waals surface area contributed by atoms with Gasteiger partial charge in [0.15, 0.2) is 0 Å². The van der Waals surface area contributed by atoms with Crippen molar-refractivity contribution in [3.05, 3.63) is 0 Å². The van der Waals surface area contributed by atoms with Gasteiger partial charge >= 0.3 is 6.09 Å². The Balaban J connectivity index is 2.22. The lowest BCUT2D eigenvalue weighted by Crippen LogP contribution is -2.41. The molecule has 0 spiro atoms. The number of alkyl carbamates (subject to hydrolysis) is 1. The molecule has 1 aliphatic rings. The molecule has 2 N–H and O–H groups in total. The molecule has 1 atom stereocenters. The van der Waals surface area contributed by atoms with Crippen molar-refractivity contribution in [2.75, 3.05) is 32.7 Å². The molecular formula is C18H37N3O2. The third-order valence-electron chi connectivity index (χ3n) is 4.30. The fourth-order valence-electron chi connectivity index (χ4n) is 2.62. The van der Waals surface area contributed by atoms with Crippen LogP contribution in [-0.2, 0) is 4.74 Å². The van der Waals surface area contributed by atoms with Crippen LogP contribution in [0.1, 0.15) is 54.4 Å². The van der Waals surface area contributed by atoms with E-state index >= 15 is 0 Å². The second-order valence-corrected chi connectivity index (χ2v) is 7.95. The molecule has 5 nitrogen and oxygen atoms in total. The minimum atomic E-state index is -0.442. The molecule has 136 valence electrons. The van der Waals surface area contributed by atoms with Gasteiger partial charge in [-0.05, 0) is 58.5 Å². The van der Waals surface area contributed by atoms with Gasteiger partial charge in [-0.15, -0.1) is 0 Å². The van der Waals surface area contributed by atoms with Gasteiger partial charge in [0.2, 0.25) is 0 Å². The first-order valence-corrected chi connectivity index (χ1v) is 9.14. The number of hydrogen-bond acceptors (Lipinski definition) is 4. The van der Waals surface area contributed by atoms with Gasteiger partial charge in [-0.3, -0.25) is 4.90 Å². The van der Waals surface area contributed by atoms with Gasteiger partial charge in [0, 0.05) is 25.7 Å². The van der Waals surface area contributed by atoms with Gasteiger partial charge in [-0.25, -0.2) is 4.79 Å². The van der Waals surface area contributed by atoms with Crippen LogP contribution in [0, 0.1) is 11.8 Å². The molecule has 0 heterocycles. The standard InChI is InChI=1S/C18H37N3O2/c1-7-21(16-8-9-16)11-10-19-12-15(14(2)3)13-20-17(22)23-18(4,5)6/h14-16,19H,7-13H2,1-6H3,(H,20,22). The summed E-state index contributed by atoms with van der Waals surface area (Å²) in [5, 5.41) is 6.45. The number of ether oxygens (including phenoxy) is 1. The smallest absolute Gasteiger partial charge is 0.407 e. The third kappa shape index (κ3) is 9.16. The largest absolute Gasteiger partial charge is 0.444 e. The Morgan fingerprint density at radius 3 is 2.39 bits per heavy atom. The summed E-state index contributed by atoms with van der Waals surface area (Å²) in [5.41, 5.74) is -0.442. The maximum absolute atomic E-state index is 11.8. The Kier molecular flexibility index (Phi) is 8.34. The number of likely N-dealkylation sites (N-methyl/N-ethyl adjacent to an activating group) is 1. The summed E-state index contributed by atoms with van der Waals surface area (Å²) in [6.07, 6.45) is 2.40. The van der Waals surface area contributed by atoms with Gasteiger partial charge in [-0.1, -0.05) is 20.8 Å². The van der Waals surface area contributed by atoms with Crippen molar-refractivity contribution in [2.24, 2.45) is 11.8 Å². The molecule has 1 fully saturated rings. The zero-order valence-electron chi connectivity index (χ0n) is 15.9. The number of nitrogens with one attached hydrogen (secondary N) is 2. The molecule has 0 bridgehead atoms. The maximum atomic E-state index is 11.8. The van der Waals surface area contributed by atoms with Gasteiger partial charge in [0.1, 0.15) is 5.60 Å². The summed E-state index contributed by atoms with van der Waals surface area (Å²) in [6, 6.07) is 0.830. The normalized spacial score (nSPS) is 16.7. The summed E-state index contributed by atoms with van der Waals surface area (Å²) >= 11 is 0. The molecular weight excluding hydrogens is 290 g/mol. The van der Waals surface area contributed by atoms with Gasteiger partial charge in [0.25, 0.3) is 0 Å². The van der Waals surface area contributed by atoms with E-state index < -0.39 is 5.60 Å². The van der Waals surface area contributed by atoms with Crippen molar-refractivity contribution in [3.8, 4) is 0 Å². The summed E-state index contributed by atoms with van der Waals surface area (Å²) < 4.78 is 5.30. The highest BCUT2D eigenvalue weighted by molar-refractivity contribution is 5.67. The first-order chi connectivity index (χ1) is 10.7. The predicted octanol–water partition coefficient (Wildman–Crippen LogP) is 2.86. The van der Waals surface area contributed by atoms with Gasteiger partial charge in [0.05, 0.1) is 0 Å². The zero-order chi connectivity index (χ0) is 17.5. The van der Waals surface area contributed by atoms with E-state index in [2.05, 4.69) is 36.3 Å². The Hall–Kier alpha value is -0.810. The Morgan fingerprint density at radius 1 is 1.26 bits per heavy atom. The van der Waals surface area contributed by atoms with Crippen molar-refractivity contribution in [2.45, 2.75) is 66.0 Å². The Labute approximate surface area is 142 Å². The molecule has 0 aromatic rings. The number of carbonyl (C=O) groups excluding carboxylic acids is 1. The first kappa shape index (κ1) is 20.2. The van der Waals surface area contributed by atoms with E-state index in [-0.39, 0.29) is 6.09 Å². The fraction of sp³-hybridized carbons (Fsp3) is 0.944. The fourth-order valence-corrected chi connectivity index (χ4v) is 2.62. The number of hydrogen-bond donors (Lipinski definition) is 2. The molecule has 1 aliphatic carbocycles. The monoisotopic (exact) mass is 327 g/mol. The van der Waals surface area contributed by atoms with E-state index in [9.17, 15) is 4.79 Å². The highest BCUT2D eigenvalue weighted by Gasteiger charge is 2.27. The van der Waals surface area contributed by atoms with Crippen molar-refractivity contribution in [3.63, 3.8) is 0 Å². The predicted molar refractivity (Wildman–Crippen MR) is 95.7 cm³/mol. The molecule has 1 amide bonds. The zero-order valence-corrected chi connectivity index (χ0v) is 15.9. The highest BCUT2D eigenvalue weighted by Crippen LogP contribution is 2.25. The molecule has 1 rings (SSSR count). The summed E-state index contributed by atoms with van der Waals surface area (Å²) in [5.74, 6) is 0.932. The summed E-state index contributed by atoms with van der Waals surface area (Å²) in [4.78, 5) is 14.3. The average molecular weight is 328 g/mol. The number of nitrogens with zero attached hydrogens (tertiary/aromatic N) is 1. The lowest BCUT2D eigenvalue weighted by Gasteiger charge is -2.25. The van der Waals surface area contributed by atoms with Crippen molar-refractivity contribution in [1.29, 1.82) is 0 Å². The highest BCUT2D eigenvalue weighted by atomic mass is 16.6. The lowest BCUT2D eigenvalue weighted by atomic mass is 9.96. The second-order valence-electron chi connectivity index (χ2n) is 7.95. The molecule has 0 aromatic heterocycles. The van der Waals surface area contributed by atoms with Gasteiger partial charge < -0.3 is 15.4 Å². The van der Waals surface area contributed by atoms with Crippen LogP contribution in [0.2, 0.25) is 0 Å². The van der Waals surface area contributed by atoms with Crippen LogP contribution in [0.15, 0.2) is 0 Å². The van der Waals surface area contributed by atoms with E-state index in [1.165, 1.54) is 12.8 Å². The molecule has 0 radical (unpaired) electrons. The molecule has 0 saturated heterocycles. The van der Waals surface area contributed by atoms with Crippen LogP contribution in [0.5, 0.6) is 0 Å². The van der Waals surface area contributed by atoms with Crippen molar-refractivity contribution < 1.29 is 9.53 Å². The molecule has 0 aromatic carbocycles. The second kappa shape index (κ2) is 9.48. The van der Waals surface area contributed by atoms with E-state index in [0.29, 0.717) is 18.4 Å². The summed E-state index contributed by atoms with van der Waals surface area (Å²) in [7, 11) is 0. The number of carbonyl (C=O) groups is 1. The topological polar surface area (TPSA) is 53.6 Å². The van der Waals surface area contributed by atoms with Crippen LogP contribution >= 0.6 is 0 Å². The molecule has 1 unspecified atom stereocenters. The minimum absolute atomic E-state index is 0.325. The van der Waals surface area contributed by atoms with Crippen LogP contribution in [-0.4, -0.2) is 55.4 Å². The van der Waals surface area contributed by atoms with Crippen LogP contribution in [0.4, 0.5) is 4.79 Å². The number of amides is 1. The van der Waals surface area contributed by atoms with E-state index in [0.717, 1.165) is 32.2 Å². The number of rotatable bonds is 10. The molecule has 1 saturated carbocycles. The molecule has 5 heteroatoms. The minimum Gasteiger partial charge on any atom is -0.444 e. The Morgan fingerprint density at radius 2 is 1.91 bits per heavy atom. The van der Waals surface area contributed by atoms with E-state index in [1.54, 1.807) is 0 Å². The van der Waals surface area contributed by atoms with Crippen molar-refractivity contribution in [1.82, 2.24) is 15.5 Å². The Bertz CT molecular complexity index is 349. The summed E-state index contributed by atoms with van der Waals surface area (Å²) in [6.45, 7) is 17.1. The van der Waals surface area contributed by atoms with Crippen LogP contribution in [0.25, 0.3) is 0 Å². The van der Waals surface area contributed by atoms with Gasteiger partial charge in [-0.2, -0.15) is 0 Å². The third-order valence-corrected chi connectivity index (χ3v) is 4.30. The first-order valence-electron chi connectivity index (χ1n) is 9.14. The maximum Gasteiger partial charge on any atom is 0.407 e. The van der Waals surface area contributed by atoms with Crippen molar-refractivity contribution >= 4 is 6.09 Å².